The highest BCUT2D eigenvalue weighted by atomic mass is 16.5. The molecule has 4 aliphatic rings. The Hall–Kier alpha value is -7.04. The van der Waals surface area contributed by atoms with Gasteiger partial charge in [0.1, 0.15) is 0 Å². The van der Waals surface area contributed by atoms with Crippen LogP contribution in [0.2, 0.25) is 0 Å². The number of fused-ring (bicyclic) bond motifs is 14. The van der Waals surface area contributed by atoms with Gasteiger partial charge in [-0.2, -0.15) is 0 Å². The molecule has 0 unspecified atom stereocenters. The zero-order chi connectivity index (χ0) is 33.9. The smallest absolute Gasteiger partial charge is 0.152 e. The molecule has 0 saturated heterocycles. The van der Waals surface area contributed by atoms with Gasteiger partial charge in [-0.15, -0.1) is 0 Å². The summed E-state index contributed by atoms with van der Waals surface area (Å²) in [5, 5.41) is 0. The molecule has 0 fully saturated rings. The molecule has 0 spiro atoms. The third-order valence-corrected chi connectivity index (χ3v) is 10.9. The summed E-state index contributed by atoms with van der Waals surface area (Å²) in [6.07, 6.45) is 0. The van der Waals surface area contributed by atoms with Gasteiger partial charge < -0.3 is 19.3 Å². The Morgan fingerprint density at radius 2 is 0.635 bits per heavy atom. The van der Waals surface area contributed by atoms with Gasteiger partial charge in [0.25, 0.3) is 0 Å². The Morgan fingerprint density at radius 3 is 1.08 bits per heavy atom. The second-order valence-corrected chi connectivity index (χ2v) is 13.7. The first-order chi connectivity index (χ1) is 25.8. The number of benzene rings is 8. The lowest BCUT2D eigenvalue weighted by molar-refractivity contribution is 0.476. The van der Waals surface area contributed by atoms with Crippen molar-refractivity contribution >= 4 is 34.1 Å². The third kappa shape index (κ3) is 3.70. The van der Waals surface area contributed by atoms with Crippen molar-refractivity contribution in [3.8, 4) is 78.6 Å². The van der Waals surface area contributed by atoms with E-state index in [4.69, 9.17) is 9.47 Å². The second-order valence-electron chi connectivity index (χ2n) is 13.7. The molecule has 52 heavy (non-hydrogen) atoms. The van der Waals surface area contributed by atoms with E-state index in [0.717, 1.165) is 79.4 Å². The van der Waals surface area contributed by atoms with Crippen LogP contribution in [0, 0.1) is 0 Å². The van der Waals surface area contributed by atoms with E-state index in [2.05, 4.69) is 180 Å². The lowest BCUT2D eigenvalue weighted by Crippen LogP contribution is -2.17. The molecular weight excluding hydrogens is 637 g/mol. The molecule has 8 aromatic carbocycles. The van der Waals surface area contributed by atoms with Gasteiger partial charge in [-0.05, 0) is 81.9 Å². The molecule has 0 radical (unpaired) electrons. The Bertz CT molecular complexity index is 2640. The maximum Gasteiger partial charge on any atom is 0.152 e. The normalized spacial score (nSPS) is 13.2. The SMILES string of the molecule is c1ccc2c(c1)-c1ccccc1N1c3ccc(-c4ccc5c(c4)Oc4cccc6c4N5c4ccccc4-c4ccccc4-6)cc3Oc3cccc-2c31. The quantitative estimate of drug-likeness (QED) is 0.174. The van der Waals surface area contributed by atoms with Crippen LogP contribution in [0.4, 0.5) is 34.1 Å². The number of nitrogens with zero attached hydrogens (tertiary/aromatic N) is 2. The first-order valence-electron chi connectivity index (χ1n) is 17.7. The van der Waals surface area contributed by atoms with Gasteiger partial charge in [0, 0.05) is 22.3 Å². The van der Waals surface area contributed by atoms with Crippen LogP contribution in [-0.4, -0.2) is 0 Å². The first-order valence-corrected chi connectivity index (χ1v) is 17.7. The summed E-state index contributed by atoms with van der Waals surface area (Å²) in [6.45, 7) is 0. The number of anilines is 6. The van der Waals surface area contributed by atoms with Gasteiger partial charge >= 0.3 is 0 Å². The number of hydrogen-bond donors (Lipinski definition) is 0. The molecule has 0 saturated carbocycles. The predicted octanol–water partition coefficient (Wildman–Crippen LogP) is 13.8. The zero-order valence-corrected chi connectivity index (χ0v) is 27.9. The molecule has 4 heteroatoms. The average Bonchev–Trinajstić information content (AvgIpc) is 3.42. The van der Waals surface area contributed by atoms with Crippen LogP contribution >= 0.6 is 0 Å². The van der Waals surface area contributed by atoms with Crippen molar-refractivity contribution in [1.82, 2.24) is 0 Å². The van der Waals surface area contributed by atoms with Crippen LogP contribution in [0.1, 0.15) is 0 Å². The summed E-state index contributed by atoms with van der Waals surface area (Å²) in [5.41, 5.74) is 18.1. The number of para-hydroxylation sites is 4. The van der Waals surface area contributed by atoms with Gasteiger partial charge in [-0.25, -0.2) is 0 Å². The van der Waals surface area contributed by atoms with Crippen LogP contribution in [0.15, 0.2) is 170 Å². The molecule has 0 aliphatic carbocycles. The van der Waals surface area contributed by atoms with E-state index in [1.54, 1.807) is 0 Å². The standard InChI is InChI=1S/C48H28N2O2/c1-3-13-33-31(11-1)35-15-5-7-19-39(35)49-41-25-23-29(27-45(41)51-43-21-9-17-37(33)47(43)49)30-24-26-42-46(28-30)52-44-22-10-18-38-34-14-4-2-12-32(34)36-16-6-8-20-40(36)50(42)48(38)44/h1-28H. The first kappa shape index (κ1) is 27.7. The summed E-state index contributed by atoms with van der Waals surface area (Å²) < 4.78 is 13.6. The number of hydrogen-bond acceptors (Lipinski definition) is 4. The van der Waals surface area contributed by atoms with Crippen molar-refractivity contribution in [1.29, 1.82) is 0 Å². The Morgan fingerprint density at radius 1 is 0.269 bits per heavy atom. The summed E-state index contributed by atoms with van der Waals surface area (Å²) in [6, 6.07) is 60.6. The lowest BCUT2D eigenvalue weighted by Gasteiger charge is -2.35. The second kappa shape index (κ2) is 10.3. The summed E-state index contributed by atoms with van der Waals surface area (Å²) in [7, 11) is 0. The highest BCUT2D eigenvalue weighted by Crippen LogP contribution is 2.61. The predicted molar refractivity (Wildman–Crippen MR) is 210 cm³/mol. The van der Waals surface area contributed by atoms with Gasteiger partial charge in [-0.3, -0.25) is 0 Å². The maximum atomic E-state index is 6.79. The van der Waals surface area contributed by atoms with Crippen LogP contribution < -0.4 is 19.3 Å². The third-order valence-electron chi connectivity index (χ3n) is 10.9. The average molecular weight is 665 g/mol. The van der Waals surface area contributed by atoms with E-state index in [9.17, 15) is 0 Å². The number of rotatable bonds is 1. The molecule has 0 atom stereocenters. The summed E-state index contributed by atoms with van der Waals surface area (Å²) in [5.74, 6) is 3.32. The molecule has 0 bridgehead atoms. The minimum absolute atomic E-state index is 0.816. The highest BCUT2D eigenvalue weighted by Gasteiger charge is 2.35. The monoisotopic (exact) mass is 664 g/mol. The lowest BCUT2D eigenvalue weighted by atomic mass is 9.94. The molecule has 8 aromatic rings. The van der Waals surface area contributed by atoms with E-state index < -0.39 is 0 Å². The number of ether oxygens (including phenoxy) is 2. The van der Waals surface area contributed by atoms with Crippen LogP contribution in [0.3, 0.4) is 0 Å². The van der Waals surface area contributed by atoms with E-state index in [-0.39, 0.29) is 0 Å². The van der Waals surface area contributed by atoms with Crippen molar-refractivity contribution in [3.63, 3.8) is 0 Å². The van der Waals surface area contributed by atoms with Crippen LogP contribution in [0.25, 0.3) is 55.6 Å². The zero-order valence-electron chi connectivity index (χ0n) is 27.9. The fourth-order valence-electron chi connectivity index (χ4n) is 8.70. The van der Waals surface area contributed by atoms with E-state index in [0.29, 0.717) is 0 Å². The molecule has 12 rings (SSSR count). The van der Waals surface area contributed by atoms with Crippen molar-refractivity contribution in [3.05, 3.63) is 170 Å². The van der Waals surface area contributed by atoms with Crippen molar-refractivity contribution < 1.29 is 9.47 Å². The van der Waals surface area contributed by atoms with Gasteiger partial charge in [-0.1, -0.05) is 121 Å². The molecule has 4 aliphatic heterocycles. The molecule has 4 nitrogen and oxygen atoms in total. The van der Waals surface area contributed by atoms with E-state index >= 15 is 0 Å². The van der Waals surface area contributed by atoms with Crippen LogP contribution in [-0.2, 0) is 0 Å². The van der Waals surface area contributed by atoms with E-state index in [1.807, 2.05) is 0 Å². The summed E-state index contributed by atoms with van der Waals surface area (Å²) >= 11 is 0. The molecular formula is C48H28N2O2. The molecule has 0 amide bonds. The van der Waals surface area contributed by atoms with Crippen molar-refractivity contribution in [2.75, 3.05) is 9.80 Å². The highest BCUT2D eigenvalue weighted by molar-refractivity contribution is 6.07. The van der Waals surface area contributed by atoms with Crippen molar-refractivity contribution in [2.24, 2.45) is 0 Å². The molecule has 242 valence electrons. The molecule has 0 aromatic heterocycles. The molecule has 4 heterocycles. The fraction of sp³-hybridized carbons (Fsp3) is 0. The Kier molecular flexibility index (Phi) is 5.47. The Balaban J connectivity index is 1.01. The minimum Gasteiger partial charge on any atom is -0.453 e. The largest absolute Gasteiger partial charge is 0.453 e. The molecule has 0 N–H and O–H groups in total. The topological polar surface area (TPSA) is 24.9 Å². The minimum atomic E-state index is 0.816. The van der Waals surface area contributed by atoms with Crippen LogP contribution in [0.5, 0.6) is 23.0 Å². The maximum absolute atomic E-state index is 6.79. The van der Waals surface area contributed by atoms with E-state index in [1.165, 1.54) is 33.4 Å². The van der Waals surface area contributed by atoms with Crippen molar-refractivity contribution in [2.45, 2.75) is 0 Å². The fourth-order valence-corrected chi connectivity index (χ4v) is 8.70. The van der Waals surface area contributed by atoms with Gasteiger partial charge in [0.05, 0.1) is 34.1 Å². The Labute approximate surface area is 301 Å². The summed E-state index contributed by atoms with van der Waals surface area (Å²) in [4.78, 5) is 4.75. The van der Waals surface area contributed by atoms with Gasteiger partial charge in [0.2, 0.25) is 0 Å². The van der Waals surface area contributed by atoms with Gasteiger partial charge in [0.15, 0.2) is 23.0 Å².